The number of benzene rings is 2. The van der Waals surface area contributed by atoms with E-state index in [0.29, 0.717) is 11.5 Å². The fourth-order valence-corrected chi connectivity index (χ4v) is 1.81. The molecule has 0 bridgehead atoms. The number of nitrogens with one attached hydrogen (secondary N) is 1. The van der Waals surface area contributed by atoms with Crippen LogP contribution < -0.4 is 10.2 Å². The highest BCUT2D eigenvalue weighted by Crippen LogP contribution is 2.15. The molecule has 1 amide bonds. The number of phenols is 1. The Morgan fingerprint density at radius 3 is 2.55 bits per heavy atom. The molecule has 0 aliphatic carbocycles. The van der Waals surface area contributed by atoms with Gasteiger partial charge in [0, 0.05) is 0 Å². The van der Waals surface area contributed by atoms with Gasteiger partial charge in [0.15, 0.2) is 6.61 Å². The Hall–Kier alpha value is -2.82. The van der Waals surface area contributed by atoms with E-state index in [1.54, 1.807) is 31.2 Å². The first kappa shape index (κ1) is 15.6. The van der Waals surface area contributed by atoms with E-state index in [1.165, 1.54) is 0 Å². The first-order valence-corrected chi connectivity index (χ1v) is 6.87. The smallest absolute Gasteiger partial charge is 0.277 e. The SMILES string of the molecule is CC(=NNC(=O)COc1ccccc1C)c1ccc(O)cc1. The van der Waals surface area contributed by atoms with Crippen molar-refractivity contribution >= 4 is 11.6 Å². The number of phenolic OH excluding ortho intramolecular Hbond substituents is 1. The second-order valence-electron chi connectivity index (χ2n) is 4.83. The largest absolute Gasteiger partial charge is 0.508 e. The highest BCUT2D eigenvalue weighted by molar-refractivity contribution is 5.99. The summed E-state index contributed by atoms with van der Waals surface area (Å²) >= 11 is 0. The van der Waals surface area contributed by atoms with Crippen molar-refractivity contribution in [2.24, 2.45) is 5.10 Å². The molecule has 5 nitrogen and oxygen atoms in total. The first-order valence-electron chi connectivity index (χ1n) is 6.87. The third-order valence-electron chi connectivity index (χ3n) is 3.09. The molecule has 2 aromatic carbocycles. The van der Waals surface area contributed by atoms with Gasteiger partial charge in [0.05, 0.1) is 5.71 Å². The van der Waals surface area contributed by atoms with Gasteiger partial charge < -0.3 is 9.84 Å². The van der Waals surface area contributed by atoms with Gasteiger partial charge in [-0.25, -0.2) is 5.43 Å². The zero-order valence-corrected chi connectivity index (χ0v) is 12.5. The van der Waals surface area contributed by atoms with Gasteiger partial charge in [-0.05, 0) is 55.3 Å². The second-order valence-corrected chi connectivity index (χ2v) is 4.83. The number of ether oxygens (including phenoxy) is 1. The summed E-state index contributed by atoms with van der Waals surface area (Å²) < 4.78 is 5.44. The average molecular weight is 298 g/mol. The third kappa shape index (κ3) is 4.34. The van der Waals surface area contributed by atoms with Crippen LogP contribution in [0.2, 0.25) is 0 Å². The highest BCUT2D eigenvalue weighted by atomic mass is 16.5. The summed E-state index contributed by atoms with van der Waals surface area (Å²) in [5.74, 6) is 0.533. The number of amides is 1. The molecule has 0 fully saturated rings. The van der Waals surface area contributed by atoms with Gasteiger partial charge in [-0.15, -0.1) is 0 Å². The van der Waals surface area contributed by atoms with Gasteiger partial charge in [0.25, 0.3) is 5.91 Å². The van der Waals surface area contributed by atoms with Gasteiger partial charge in [-0.3, -0.25) is 4.79 Å². The van der Waals surface area contributed by atoms with E-state index in [1.807, 2.05) is 31.2 Å². The Morgan fingerprint density at radius 1 is 1.18 bits per heavy atom. The van der Waals surface area contributed by atoms with Gasteiger partial charge in [0.1, 0.15) is 11.5 Å². The Bertz CT molecular complexity index is 679. The van der Waals surface area contributed by atoms with Crippen LogP contribution in [-0.2, 0) is 4.79 Å². The lowest BCUT2D eigenvalue weighted by Crippen LogP contribution is -2.25. The van der Waals surface area contributed by atoms with Gasteiger partial charge in [-0.2, -0.15) is 5.10 Å². The van der Waals surface area contributed by atoms with E-state index in [9.17, 15) is 9.90 Å². The molecule has 0 spiro atoms. The second kappa shape index (κ2) is 7.26. The fraction of sp³-hybridized carbons (Fsp3) is 0.176. The van der Waals surface area contributed by atoms with Crippen LogP contribution in [-0.4, -0.2) is 23.3 Å². The summed E-state index contributed by atoms with van der Waals surface area (Å²) in [6, 6.07) is 14.1. The minimum Gasteiger partial charge on any atom is -0.508 e. The summed E-state index contributed by atoms with van der Waals surface area (Å²) in [4.78, 5) is 11.7. The number of aryl methyl sites for hydroxylation is 1. The number of aromatic hydroxyl groups is 1. The zero-order chi connectivity index (χ0) is 15.9. The van der Waals surface area contributed by atoms with Gasteiger partial charge in [0.2, 0.25) is 0 Å². The zero-order valence-electron chi connectivity index (χ0n) is 12.5. The number of carbonyl (C=O) groups excluding carboxylic acids is 1. The van der Waals surface area contributed by atoms with Crippen LogP contribution in [0.5, 0.6) is 11.5 Å². The standard InChI is InChI=1S/C17H18N2O3/c1-12-5-3-4-6-16(12)22-11-17(21)19-18-13(2)14-7-9-15(20)10-8-14/h3-10,20H,11H2,1-2H3,(H,19,21). The maximum atomic E-state index is 11.7. The minimum absolute atomic E-state index is 0.1000. The summed E-state index contributed by atoms with van der Waals surface area (Å²) in [7, 11) is 0. The maximum absolute atomic E-state index is 11.7. The number of rotatable bonds is 5. The number of hydrogen-bond donors (Lipinski definition) is 2. The van der Waals surface area contributed by atoms with E-state index in [-0.39, 0.29) is 18.3 Å². The average Bonchev–Trinajstić information content (AvgIpc) is 2.52. The predicted octanol–water partition coefficient (Wildman–Crippen LogP) is 2.62. The van der Waals surface area contributed by atoms with Crippen LogP contribution in [0.25, 0.3) is 0 Å². The topological polar surface area (TPSA) is 70.9 Å². The number of para-hydroxylation sites is 1. The summed E-state index contributed by atoms with van der Waals surface area (Å²) in [6.07, 6.45) is 0. The molecule has 22 heavy (non-hydrogen) atoms. The van der Waals surface area contributed by atoms with Gasteiger partial charge in [-0.1, -0.05) is 18.2 Å². The molecule has 0 atom stereocenters. The van der Waals surface area contributed by atoms with Crippen molar-refractivity contribution in [2.45, 2.75) is 13.8 Å². The molecule has 0 saturated heterocycles. The summed E-state index contributed by atoms with van der Waals surface area (Å²) in [6.45, 7) is 3.59. The summed E-state index contributed by atoms with van der Waals surface area (Å²) in [5.41, 5.74) is 4.88. The first-order chi connectivity index (χ1) is 10.6. The van der Waals surface area contributed by atoms with Crippen molar-refractivity contribution in [3.8, 4) is 11.5 Å². The van der Waals surface area contributed by atoms with E-state index in [4.69, 9.17) is 4.74 Å². The number of hydrogen-bond acceptors (Lipinski definition) is 4. The van der Waals surface area contributed by atoms with Crippen molar-refractivity contribution in [3.63, 3.8) is 0 Å². The fourth-order valence-electron chi connectivity index (χ4n) is 1.81. The monoisotopic (exact) mass is 298 g/mol. The van der Waals surface area contributed by atoms with E-state index < -0.39 is 0 Å². The molecular formula is C17H18N2O3. The normalized spacial score (nSPS) is 11.1. The molecule has 0 unspecified atom stereocenters. The number of nitrogens with zero attached hydrogens (tertiary/aromatic N) is 1. The molecule has 0 saturated carbocycles. The third-order valence-corrected chi connectivity index (χ3v) is 3.09. The van der Waals surface area contributed by atoms with Crippen LogP contribution in [0.15, 0.2) is 53.6 Å². The molecule has 5 heteroatoms. The summed E-state index contributed by atoms with van der Waals surface area (Å²) in [5, 5.41) is 13.2. The molecule has 2 N–H and O–H groups in total. The molecular weight excluding hydrogens is 280 g/mol. The predicted molar refractivity (Wildman–Crippen MR) is 85.1 cm³/mol. The molecule has 0 aliphatic heterocycles. The molecule has 2 rings (SSSR count). The van der Waals surface area contributed by atoms with E-state index in [2.05, 4.69) is 10.5 Å². The van der Waals surface area contributed by atoms with Crippen LogP contribution in [0.4, 0.5) is 0 Å². The van der Waals surface area contributed by atoms with Crippen molar-refractivity contribution < 1.29 is 14.6 Å². The molecule has 0 radical (unpaired) electrons. The Labute approximate surface area is 129 Å². The lowest BCUT2D eigenvalue weighted by atomic mass is 10.1. The van der Waals surface area contributed by atoms with Crippen molar-refractivity contribution in [1.29, 1.82) is 0 Å². The minimum atomic E-state index is -0.332. The molecule has 0 aromatic heterocycles. The lowest BCUT2D eigenvalue weighted by Gasteiger charge is -2.08. The van der Waals surface area contributed by atoms with Crippen LogP contribution in [0.1, 0.15) is 18.1 Å². The Morgan fingerprint density at radius 2 is 1.86 bits per heavy atom. The van der Waals surface area contributed by atoms with Crippen LogP contribution >= 0.6 is 0 Å². The Balaban J connectivity index is 1.88. The lowest BCUT2D eigenvalue weighted by molar-refractivity contribution is -0.123. The van der Waals surface area contributed by atoms with Crippen molar-refractivity contribution in [3.05, 3.63) is 59.7 Å². The number of hydrazone groups is 1. The van der Waals surface area contributed by atoms with Gasteiger partial charge >= 0.3 is 0 Å². The maximum Gasteiger partial charge on any atom is 0.277 e. The van der Waals surface area contributed by atoms with Crippen LogP contribution in [0, 0.1) is 6.92 Å². The molecule has 2 aromatic rings. The molecule has 0 heterocycles. The van der Waals surface area contributed by atoms with Crippen LogP contribution in [0.3, 0.4) is 0 Å². The highest BCUT2D eigenvalue weighted by Gasteiger charge is 2.04. The number of carbonyl (C=O) groups is 1. The molecule has 0 aliphatic rings. The van der Waals surface area contributed by atoms with Crippen molar-refractivity contribution in [1.82, 2.24) is 5.43 Å². The Kier molecular flexibility index (Phi) is 5.14. The van der Waals surface area contributed by atoms with E-state index >= 15 is 0 Å². The van der Waals surface area contributed by atoms with E-state index in [0.717, 1.165) is 11.1 Å². The molecule has 114 valence electrons. The van der Waals surface area contributed by atoms with Crippen molar-refractivity contribution in [2.75, 3.05) is 6.61 Å². The quantitative estimate of drug-likeness (QED) is 0.658.